The Kier molecular flexibility index (Phi) is 4.42. The number of nitro benzene ring substituents is 1. The van der Waals surface area contributed by atoms with Crippen LogP contribution in [0.2, 0.25) is 0 Å². The minimum absolute atomic E-state index is 0.0231. The molecular formula is C15H15NO3S. The van der Waals surface area contributed by atoms with Crippen LogP contribution in [0.3, 0.4) is 0 Å². The van der Waals surface area contributed by atoms with Gasteiger partial charge in [0.15, 0.2) is 0 Å². The number of nitrogens with zero attached hydrogens (tertiary/aromatic N) is 1. The lowest BCUT2D eigenvalue weighted by molar-refractivity contribution is -0.387. The minimum Gasteiger partial charge on any atom is -0.389 e. The van der Waals surface area contributed by atoms with Crippen molar-refractivity contribution in [3.05, 3.63) is 63.7 Å². The molecular weight excluding hydrogens is 274 g/mol. The van der Waals surface area contributed by atoms with Gasteiger partial charge in [0.25, 0.3) is 5.69 Å². The number of rotatable bonds is 4. The standard InChI is InChI=1S/C15H15NO3S/c1-10-4-3-5-13(8-10)20-15-7-6-12(11(2)17)9-14(15)16(18)19/h3-9,11,17H,1-2H3/t11-/m1/s1. The predicted molar refractivity (Wildman–Crippen MR) is 79.0 cm³/mol. The van der Waals surface area contributed by atoms with Gasteiger partial charge in [-0.1, -0.05) is 35.5 Å². The van der Waals surface area contributed by atoms with Crippen LogP contribution < -0.4 is 0 Å². The van der Waals surface area contributed by atoms with Crippen molar-refractivity contribution >= 4 is 17.4 Å². The maximum Gasteiger partial charge on any atom is 0.283 e. The van der Waals surface area contributed by atoms with Gasteiger partial charge in [-0.25, -0.2) is 0 Å². The van der Waals surface area contributed by atoms with Gasteiger partial charge in [0, 0.05) is 11.0 Å². The van der Waals surface area contributed by atoms with Crippen LogP contribution in [0.1, 0.15) is 24.2 Å². The summed E-state index contributed by atoms with van der Waals surface area (Å²) in [5, 5.41) is 20.7. The van der Waals surface area contributed by atoms with E-state index in [-0.39, 0.29) is 5.69 Å². The molecule has 4 nitrogen and oxygen atoms in total. The maximum atomic E-state index is 11.2. The highest BCUT2D eigenvalue weighted by Gasteiger charge is 2.17. The molecule has 2 rings (SSSR count). The first kappa shape index (κ1) is 14.6. The molecule has 0 spiro atoms. The Morgan fingerprint density at radius 3 is 2.60 bits per heavy atom. The molecule has 1 N–H and O–H groups in total. The third-order valence-electron chi connectivity index (χ3n) is 2.88. The van der Waals surface area contributed by atoms with Crippen molar-refractivity contribution in [2.75, 3.05) is 0 Å². The van der Waals surface area contributed by atoms with Gasteiger partial charge in [0.05, 0.1) is 15.9 Å². The molecule has 0 radical (unpaired) electrons. The summed E-state index contributed by atoms with van der Waals surface area (Å²) in [5.74, 6) is 0. The normalized spacial score (nSPS) is 12.2. The Morgan fingerprint density at radius 2 is 2.00 bits per heavy atom. The summed E-state index contributed by atoms with van der Waals surface area (Å²) < 4.78 is 0. The SMILES string of the molecule is Cc1cccc(Sc2ccc([C@@H](C)O)cc2[N+](=O)[O-])c1. The van der Waals surface area contributed by atoms with Crippen LogP contribution in [-0.4, -0.2) is 10.0 Å². The molecule has 0 saturated heterocycles. The second-order valence-corrected chi connectivity index (χ2v) is 5.69. The number of nitro groups is 1. The molecule has 5 heteroatoms. The van der Waals surface area contributed by atoms with Gasteiger partial charge in [-0.05, 0) is 37.6 Å². The molecule has 104 valence electrons. The van der Waals surface area contributed by atoms with Crippen molar-refractivity contribution in [1.29, 1.82) is 0 Å². The van der Waals surface area contributed by atoms with Gasteiger partial charge in [-0.2, -0.15) is 0 Å². The quantitative estimate of drug-likeness (QED) is 0.679. The van der Waals surface area contributed by atoms with Crippen molar-refractivity contribution in [2.24, 2.45) is 0 Å². The summed E-state index contributed by atoms with van der Waals surface area (Å²) in [4.78, 5) is 12.3. The smallest absolute Gasteiger partial charge is 0.283 e. The third kappa shape index (κ3) is 3.37. The first-order valence-corrected chi connectivity index (χ1v) is 7.00. The van der Waals surface area contributed by atoms with Crippen molar-refractivity contribution in [2.45, 2.75) is 29.7 Å². The molecule has 1 atom stereocenters. The van der Waals surface area contributed by atoms with Crippen LogP contribution in [-0.2, 0) is 0 Å². The molecule has 0 aliphatic carbocycles. The highest BCUT2D eigenvalue weighted by atomic mass is 32.2. The zero-order valence-corrected chi connectivity index (χ0v) is 12.1. The molecule has 0 aliphatic rings. The lowest BCUT2D eigenvalue weighted by Crippen LogP contribution is -1.96. The number of hydrogen-bond donors (Lipinski definition) is 1. The monoisotopic (exact) mass is 289 g/mol. The number of aliphatic hydroxyl groups is 1. The summed E-state index contributed by atoms with van der Waals surface area (Å²) in [6.07, 6.45) is -0.716. The molecule has 0 bridgehead atoms. The Morgan fingerprint density at radius 1 is 1.25 bits per heavy atom. The van der Waals surface area contributed by atoms with Gasteiger partial charge in [0.1, 0.15) is 0 Å². The van der Waals surface area contributed by atoms with Gasteiger partial charge in [-0.15, -0.1) is 0 Å². The topological polar surface area (TPSA) is 63.4 Å². The number of hydrogen-bond acceptors (Lipinski definition) is 4. The van der Waals surface area contributed by atoms with Crippen molar-refractivity contribution in [3.63, 3.8) is 0 Å². The summed E-state index contributed by atoms with van der Waals surface area (Å²) >= 11 is 1.35. The van der Waals surface area contributed by atoms with E-state index >= 15 is 0 Å². The molecule has 0 heterocycles. The fourth-order valence-corrected chi connectivity index (χ4v) is 2.85. The fraction of sp³-hybridized carbons (Fsp3) is 0.200. The minimum atomic E-state index is -0.716. The highest BCUT2D eigenvalue weighted by molar-refractivity contribution is 7.99. The maximum absolute atomic E-state index is 11.2. The summed E-state index contributed by atoms with van der Waals surface area (Å²) in [7, 11) is 0. The first-order chi connectivity index (χ1) is 9.47. The Bertz CT molecular complexity index is 641. The van der Waals surface area contributed by atoms with Crippen LogP contribution in [0.15, 0.2) is 52.3 Å². The summed E-state index contributed by atoms with van der Waals surface area (Å²) in [5.41, 5.74) is 1.68. The average molecular weight is 289 g/mol. The van der Waals surface area contributed by atoms with Crippen LogP contribution in [0.4, 0.5) is 5.69 Å². The molecule has 20 heavy (non-hydrogen) atoms. The number of aryl methyl sites for hydroxylation is 1. The van der Waals surface area contributed by atoms with Crippen LogP contribution in [0.5, 0.6) is 0 Å². The van der Waals surface area contributed by atoms with E-state index in [2.05, 4.69) is 0 Å². The zero-order chi connectivity index (χ0) is 14.7. The molecule has 2 aromatic rings. The highest BCUT2D eigenvalue weighted by Crippen LogP contribution is 2.36. The second-order valence-electron chi connectivity index (χ2n) is 4.58. The lowest BCUT2D eigenvalue weighted by atomic mass is 10.1. The van der Waals surface area contributed by atoms with Crippen molar-refractivity contribution in [3.8, 4) is 0 Å². The molecule has 0 amide bonds. The predicted octanol–water partition coefficient (Wildman–Crippen LogP) is 4.11. The zero-order valence-electron chi connectivity index (χ0n) is 11.2. The van der Waals surface area contributed by atoms with Crippen molar-refractivity contribution < 1.29 is 10.0 Å². The Balaban J connectivity index is 2.38. The van der Waals surface area contributed by atoms with Gasteiger partial charge < -0.3 is 5.11 Å². The fourth-order valence-electron chi connectivity index (χ4n) is 1.83. The van der Waals surface area contributed by atoms with Crippen LogP contribution in [0, 0.1) is 17.0 Å². The van der Waals surface area contributed by atoms with E-state index in [1.54, 1.807) is 19.1 Å². The molecule has 0 saturated carbocycles. The number of benzene rings is 2. The molecule has 0 fully saturated rings. The van der Waals surface area contributed by atoms with E-state index in [1.165, 1.54) is 17.8 Å². The summed E-state index contributed by atoms with van der Waals surface area (Å²) in [6.45, 7) is 3.57. The van der Waals surface area contributed by atoms with E-state index in [4.69, 9.17) is 0 Å². The van der Waals surface area contributed by atoms with Crippen LogP contribution >= 0.6 is 11.8 Å². The van der Waals surface area contributed by atoms with Gasteiger partial charge in [0.2, 0.25) is 0 Å². The first-order valence-electron chi connectivity index (χ1n) is 6.18. The molecule has 0 unspecified atom stereocenters. The third-order valence-corrected chi connectivity index (χ3v) is 3.93. The molecule has 0 aliphatic heterocycles. The summed E-state index contributed by atoms with van der Waals surface area (Å²) in [6, 6.07) is 12.6. The van der Waals surface area contributed by atoms with E-state index < -0.39 is 11.0 Å². The van der Waals surface area contributed by atoms with E-state index in [1.807, 2.05) is 31.2 Å². The van der Waals surface area contributed by atoms with E-state index in [0.29, 0.717) is 10.5 Å². The van der Waals surface area contributed by atoms with Gasteiger partial charge >= 0.3 is 0 Å². The average Bonchev–Trinajstić information content (AvgIpc) is 2.38. The second kappa shape index (κ2) is 6.07. The number of aliphatic hydroxyl groups excluding tert-OH is 1. The van der Waals surface area contributed by atoms with Gasteiger partial charge in [-0.3, -0.25) is 10.1 Å². The molecule has 0 aromatic heterocycles. The molecule has 2 aromatic carbocycles. The Hall–Kier alpha value is -1.85. The van der Waals surface area contributed by atoms with Crippen LogP contribution in [0.25, 0.3) is 0 Å². The van der Waals surface area contributed by atoms with E-state index in [0.717, 1.165) is 10.5 Å². The van der Waals surface area contributed by atoms with Crippen molar-refractivity contribution in [1.82, 2.24) is 0 Å². The Labute approximate surface area is 121 Å². The largest absolute Gasteiger partial charge is 0.389 e. The van der Waals surface area contributed by atoms with E-state index in [9.17, 15) is 15.2 Å². The lowest BCUT2D eigenvalue weighted by Gasteiger charge is -2.08.